The summed E-state index contributed by atoms with van der Waals surface area (Å²) in [4.78, 5) is 25.9. The standard InChI is InChI=1S/C22H24ClNO5/c1-4-24(17-9-7-6-8-10-17)20(25)15-29-21(26)12-11-16-13-18(23)22(27-3)19(14-16)28-5-2/h6-14H,4-5,15H2,1-3H3/b12-11+. The van der Waals surface area contributed by atoms with Crippen LogP contribution in [0.1, 0.15) is 19.4 Å². The second kappa shape index (κ2) is 11.1. The van der Waals surface area contributed by atoms with Crippen molar-refractivity contribution in [2.75, 3.05) is 31.8 Å². The fourth-order valence-corrected chi connectivity index (χ4v) is 2.98. The maximum absolute atomic E-state index is 12.4. The molecule has 6 nitrogen and oxygen atoms in total. The molecule has 0 fully saturated rings. The molecule has 0 saturated carbocycles. The van der Waals surface area contributed by atoms with Crippen molar-refractivity contribution < 1.29 is 23.8 Å². The van der Waals surface area contributed by atoms with Crippen LogP contribution in [0.25, 0.3) is 6.08 Å². The van der Waals surface area contributed by atoms with Crippen molar-refractivity contribution in [1.82, 2.24) is 0 Å². The molecule has 0 spiro atoms. The highest BCUT2D eigenvalue weighted by atomic mass is 35.5. The van der Waals surface area contributed by atoms with Gasteiger partial charge in [-0.15, -0.1) is 0 Å². The van der Waals surface area contributed by atoms with Crippen molar-refractivity contribution in [3.63, 3.8) is 0 Å². The topological polar surface area (TPSA) is 65.1 Å². The van der Waals surface area contributed by atoms with Crippen molar-refractivity contribution in [3.05, 3.63) is 59.1 Å². The van der Waals surface area contributed by atoms with Gasteiger partial charge < -0.3 is 19.1 Å². The van der Waals surface area contributed by atoms with Gasteiger partial charge in [-0.1, -0.05) is 29.8 Å². The van der Waals surface area contributed by atoms with E-state index in [0.29, 0.717) is 35.2 Å². The van der Waals surface area contributed by atoms with Gasteiger partial charge in [0.2, 0.25) is 0 Å². The maximum Gasteiger partial charge on any atom is 0.331 e. The molecule has 0 aliphatic rings. The van der Waals surface area contributed by atoms with Gasteiger partial charge in [0.25, 0.3) is 5.91 Å². The molecular formula is C22H24ClNO5. The van der Waals surface area contributed by atoms with E-state index in [2.05, 4.69) is 0 Å². The van der Waals surface area contributed by atoms with Crippen LogP contribution < -0.4 is 14.4 Å². The molecule has 0 saturated heterocycles. The quantitative estimate of drug-likeness (QED) is 0.448. The summed E-state index contributed by atoms with van der Waals surface area (Å²) >= 11 is 6.19. The van der Waals surface area contributed by atoms with Crippen LogP contribution in [0, 0.1) is 0 Å². The Labute approximate surface area is 175 Å². The molecule has 0 atom stereocenters. The molecule has 0 aromatic heterocycles. The van der Waals surface area contributed by atoms with Crippen molar-refractivity contribution in [3.8, 4) is 11.5 Å². The molecule has 0 N–H and O–H groups in total. The Morgan fingerprint density at radius 2 is 1.86 bits per heavy atom. The van der Waals surface area contributed by atoms with Gasteiger partial charge in [-0.3, -0.25) is 4.79 Å². The van der Waals surface area contributed by atoms with E-state index >= 15 is 0 Å². The largest absolute Gasteiger partial charge is 0.491 e. The van der Waals surface area contributed by atoms with E-state index in [4.69, 9.17) is 25.8 Å². The Bertz CT molecular complexity index is 867. The highest BCUT2D eigenvalue weighted by Crippen LogP contribution is 2.36. The first-order valence-electron chi connectivity index (χ1n) is 9.20. The number of nitrogens with zero attached hydrogens (tertiary/aromatic N) is 1. The number of hydrogen-bond donors (Lipinski definition) is 0. The maximum atomic E-state index is 12.4. The minimum atomic E-state index is -0.632. The molecule has 2 aromatic carbocycles. The Kier molecular flexibility index (Phi) is 8.55. The molecule has 0 bridgehead atoms. The number of likely N-dealkylation sites (N-methyl/N-ethyl adjacent to an activating group) is 1. The zero-order valence-electron chi connectivity index (χ0n) is 16.7. The van der Waals surface area contributed by atoms with Crippen LogP contribution in [0.2, 0.25) is 5.02 Å². The van der Waals surface area contributed by atoms with Crippen LogP contribution >= 0.6 is 11.6 Å². The van der Waals surface area contributed by atoms with Crippen molar-refractivity contribution in [1.29, 1.82) is 0 Å². The second-order valence-corrected chi connectivity index (χ2v) is 6.29. The molecule has 1 amide bonds. The number of ether oxygens (including phenoxy) is 3. The zero-order valence-corrected chi connectivity index (χ0v) is 17.4. The molecule has 0 heterocycles. The number of hydrogen-bond acceptors (Lipinski definition) is 5. The average Bonchev–Trinajstić information content (AvgIpc) is 2.72. The Morgan fingerprint density at radius 1 is 1.14 bits per heavy atom. The van der Waals surface area contributed by atoms with E-state index in [-0.39, 0.29) is 12.5 Å². The minimum absolute atomic E-state index is 0.299. The predicted octanol–water partition coefficient (Wildman–Crippen LogP) is 4.36. The van der Waals surface area contributed by atoms with E-state index in [1.54, 1.807) is 17.0 Å². The smallest absolute Gasteiger partial charge is 0.331 e. The first-order chi connectivity index (χ1) is 14.0. The number of esters is 1. The third-order valence-electron chi connectivity index (χ3n) is 3.97. The van der Waals surface area contributed by atoms with E-state index < -0.39 is 5.97 Å². The highest BCUT2D eigenvalue weighted by Gasteiger charge is 2.15. The number of methoxy groups -OCH3 is 1. The Hall–Kier alpha value is -2.99. The van der Waals surface area contributed by atoms with Gasteiger partial charge in [0.1, 0.15) is 0 Å². The van der Waals surface area contributed by atoms with Crippen LogP contribution in [0.15, 0.2) is 48.5 Å². The van der Waals surface area contributed by atoms with E-state index in [1.165, 1.54) is 19.3 Å². The number of rotatable bonds is 9. The summed E-state index contributed by atoms with van der Waals surface area (Å²) in [6.07, 6.45) is 2.77. The van der Waals surface area contributed by atoms with E-state index in [9.17, 15) is 9.59 Å². The fraction of sp³-hybridized carbons (Fsp3) is 0.273. The second-order valence-electron chi connectivity index (χ2n) is 5.88. The van der Waals surface area contributed by atoms with Gasteiger partial charge >= 0.3 is 5.97 Å². The molecule has 2 rings (SSSR count). The normalized spacial score (nSPS) is 10.6. The predicted molar refractivity (Wildman–Crippen MR) is 114 cm³/mol. The summed E-state index contributed by atoms with van der Waals surface area (Å²) in [7, 11) is 1.50. The molecule has 0 aliphatic carbocycles. The number of carbonyl (C=O) groups is 2. The molecule has 2 aromatic rings. The number of benzene rings is 2. The van der Waals surface area contributed by atoms with Crippen LogP contribution in [0.3, 0.4) is 0 Å². The summed E-state index contributed by atoms with van der Waals surface area (Å²) < 4.78 is 15.8. The van der Waals surface area contributed by atoms with E-state index in [1.807, 2.05) is 44.2 Å². The molecule has 0 radical (unpaired) electrons. The molecule has 29 heavy (non-hydrogen) atoms. The number of para-hydroxylation sites is 1. The highest BCUT2D eigenvalue weighted by molar-refractivity contribution is 6.32. The molecule has 0 aliphatic heterocycles. The summed E-state index contributed by atoms with van der Waals surface area (Å²) in [5.41, 5.74) is 1.39. The van der Waals surface area contributed by atoms with Crippen molar-refractivity contribution in [2.45, 2.75) is 13.8 Å². The average molecular weight is 418 g/mol. The van der Waals surface area contributed by atoms with Gasteiger partial charge in [0.15, 0.2) is 18.1 Å². The van der Waals surface area contributed by atoms with Crippen molar-refractivity contribution >= 4 is 35.2 Å². The van der Waals surface area contributed by atoms with Gasteiger partial charge in [-0.2, -0.15) is 0 Å². The van der Waals surface area contributed by atoms with Crippen LogP contribution in [0.5, 0.6) is 11.5 Å². The molecule has 0 unspecified atom stereocenters. The molecule has 7 heteroatoms. The van der Waals surface area contributed by atoms with Crippen LogP contribution in [0.4, 0.5) is 5.69 Å². The summed E-state index contributed by atoms with van der Waals surface area (Å²) in [5.74, 6) is -0.0227. The molecule has 154 valence electrons. The Balaban J connectivity index is 2.00. The third kappa shape index (κ3) is 6.26. The number of anilines is 1. The van der Waals surface area contributed by atoms with Gasteiger partial charge in [0.05, 0.1) is 18.7 Å². The van der Waals surface area contributed by atoms with Crippen LogP contribution in [-0.2, 0) is 14.3 Å². The number of carbonyl (C=O) groups excluding carboxylic acids is 2. The summed E-state index contributed by atoms with van der Waals surface area (Å²) in [6, 6.07) is 12.6. The van der Waals surface area contributed by atoms with Gasteiger partial charge in [-0.25, -0.2) is 4.79 Å². The first kappa shape index (κ1) is 22.3. The van der Waals surface area contributed by atoms with Gasteiger partial charge in [-0.05, 0) is 49.8 Å². The van der Waals surface area contributed by atoms with Crippen LogP contribution in [-0.4, -0.2) is 38.7 Å². The SMILES string of the molecule is CCOc1cc(/C=C/C(=O)OCC(=O)N(CC)c2ccccc2)cc(Cl)c1OC. The first-order valence-corrected chi connectivity index (χ1v) is 9.58. The lowest BCUT2D eigenvalue weighted by Gasteiger charge is -2.20. The van der Waals surface area contributed by atoms with Crippen molar-refractivity contribution in [2.24, 2.45) is 0 Å². The number of halogens is 1. The molecular weight excluding hydrogens is 394 g/mol. The summed E-state index contributed by atoms with van der Waals surface area (Å²) in [6.45, 7) is 4.27. The third-order valence-corrected chi connectivity index (χ3v) is 4.25. The lowest BCUT2D eigenvalue weighted by molar-refractivity contribution is -0.142. The van der Waals surface area contributed by atoms with Gasteiger partial charge in [0, 0.05) is 18.3 Å². The summed E-state index contributed by atoms with van der Waals surface area (Å²) in [5, 5.41) is 0.364. The van der Waals surface area contributed by atoms with E-state index in [0.717, 1.165) is 5.69 Å². The Morgan fingerprint density at radius 3 is 2.48 bits per heavy atom. The number of amides is 1. The fourth-order valence-electron chi connectivity index (χ4n) is 2.68. The lowest BCUT2D eigenvalue weighted by atomic mass is 10.2. The monoisotopic (exact) mass is 417 g/mol. The minimum Gasteiger partial charge on any atom is -0.491 e. The lowest BCUT2D eigenvalue weighted by Crippen LogP contribution is -2.34. The zero-order chi connectivity index (χ0) is 21.2.